The van der Waals surface area contributed by atoms with Crippen molar-refractivity contribution in [2.75, 3.05) is 0 Å². The van der Waals surface area contributed by atoms with Gasteiger partial charge >= 0.3 is 6.86 Å². The normalized spacial score (nSPS) is 32.4. The van der Waals surface area contributed by atoms with Gasteiger partial charge in [0.25, 0.3) is 0 Å². The predicted molar refractivity (Wildman–Crippen MR) is 233 cm³/mol. The lowest BCUT2D eigenvalue weighted by Gasteiger charge is -2.70. The van der Waals surface area contributed by atoms with Crippen LogP contribution in [-0.2, 0) is 0 Å². The van der Waals surface area contributed by atoms with Crippen molar-refractivity contribution in [3.63, 3.8) is 0 Å². The summed E-state index contributed by atoms with van der Waals surface area (Å²) in [5.41, 5.74) is 16.3. The lowest BCUT2D eigenvalue weighted by Crippen LogP contribution is -2.78. The molecule has 8 fully saturated rings. The van der Waals surface area contributed by atoms with E-state index in [-0.39, 0.29) is 34.7 Å². The summed E-state index contributed by atoms with van der Waals surface area (Å²) in [5, 5.41) is 9.70. The average Bonchev–Trinajstić information content (AvgIpc) is 3.48. The molecule has 8 saturated carbocycles. The number of nitrogens with one attached hydrogen (secondary N) is 1. The van der Waals surface area contributed by atoms with Crippen molar-refractivity contribution in [3.8, 4) is 11.4 Å². The van der Waals surface area contributed by atoms with Crippen LogP contribution in [0.3, 0.4) is 0 Å². The standard InChI is InChI=1S/C47H66Cl2N6Si/c1-28(2)38-11-9-12-39(29(3)4)43(38)53-27-42(54(45(53)51-52-50)44-40(30(5)6)13-10-14-41(44)31(7)8)56(48,49)55(46-21-32-15-33(22-46)17-34(16-32)23-46)47-24-35-18-36(25-47)20-37(19-35)26-47/h9-14,27-37,50H,15-26H2,1-8H3/b51-45+,52-50?. The molecule has 8 aliphatic rings. The molecule has 0 atom stereocenters. The summed E-state index contributed by atoms with van der Waals surface area (Å²) >= 11 is 17.5. The molecular formula is C47H66Cl2N6Si. The molecular weight excluding hydrogens is 748 g/mol. The maximum absolute atomic E-state index is 8.77. The number of benzene rings is 2. The summed E-state index contributed by atoms with van der Waals surface area (Å²) in [4.78, 5) is 0. The number of hydrogen-bond acceptors (Lipinski definition) is 3. The second-order valence-electron chi connectivity index (χ2n) is 21.1. The predicted octanol–water partition coefficient (Wildman–Crippen LogP) is 12.5. The van der Waals surface area contributed by atoms with Gasteiger partial charge in [-0.2, -0.15) is 5.53 Å². The van der Waals surface area contributed by atoms with E-state index in [9.17, 15) is 0 Å². The minimum Gasteiger partial charge on any atom is -0.284 e. The van der Waals surface area contributed by atoms with E-state index in [1.54, 1.807) is 0 Å². The van der Waals surface area contributed by atoms with E-state index in [0.717, 1.165) is 52.2 Å². The molecule has 9 heteroatoms. The highest BCUT2D eigenvalue weighted by Crippen LogP contribution is 2.66. The SMILES string of the molecule is CC(C)c1cccc(C(C)C)c1-n1cc([Si](Cl)(Cl)N(C23CC4CC(CC(C4)C2)C3)C23CC4CC(CC(C4)C2)C3)n(-c2c(C(C)C)cccc2C(C)C)/c1=N/N=N. The van der Waals surface area contributed by atoms with E-state index >= 15 is 0 Å². The van der Waals surface area contributed by atoms with Crippen LogP contribution in [0.15, 0.2) is 52.9 Å². The van der Waals surface area contributed by atoms with Crippen LogP contribution in [0.4, 0.5) is 0 Å². The van der Waals surface area contributed by atoms with E-state index in [4.69, 9.17) is 32.8 Å². The number of rotatable bonds is 11. The first-order valence-corrected chi connectivity index (χ1v) is 26.3. The van der Waals surface area contributed by atoms with Crippen molar-refractivity contribution in [2.45, 2.75) is 167 Å². The largest absolute Gasteiger partial charge is 0.376 e. The summed E-state index contributed by atoms with van der Waals surface area (Å²) in [6.45, 7) is 14.7. The van der Waals surface area contributed by atoms with Crippen LogP contribution in [0.5, 0.6) is 0 Å². The molecule has 302 valence electrons. The highest BCUT2D eigenvalue weighted by molar-refractivity contribution is 7.49. The Morgan fingerprint density at radius 1 is 0.607 bits per heavy atom. The van der Waals surface area contributed by atoms with Crippen LogP contribution in [0.25, 0.3) is 11.4 Å². The molecule has 1 N–H and O–H groups in total. The van der Waals surface area contributed by atoms with Gasteiger partial charge in [-0.05, 0) is 164 Å². The number of para-hydroxylation sites is 2. The third kappa shape index (κ3) is 6.20. The van der Waals surface area contributed by atoms with Gasteiger partial charge < -0.3 is 0 Å². The summed E-state index contributed by atoms with van der Waals surface area (Å²) in [7, 11) is 0. The zero-order chi connectivity index (χ0) is 39.5. The molecule has 2 aromatic carbocycles. The Kier molecular flexibility index (Phi) is 9.98. The number of nitrogens with zero attached hydrogens (tertiary/aromatic N) is 5. The first-order chi connectivity index (χ1) is 26.6. The van der Waals surface area contributed by atoms with Gasteiger partial charge in [-0.25, -0.2) is 0 Å². The zero-order valence-electron chi connectivity index (χ0n) is 35.3. The summed E-state index contributed by atoms with van der Waals surface area (Å²) in [6.07, 6.45) is 18.1. The van der Waals surface area contributed by atoms with Crippen molar-refractivity contribution in [2.24, 2.45) is 45.8 Å². The molecule has 3 aromatic rings. The molecule has 0 spiro atoms. The quantitative estimate of drug-likeness (QED) is 0.0891. The van der Waals surface area contributed by atoms with Gasteiger partial charge in [0.15, 0.2) is 0 Å². The molecule has 1 heterocycles. The first kappa shape index (κ1) is 39.3. The highest BCUT2D eigenvalue weighted by atomic mass is 35.7. The van der Waals surface area contributed by atoms with Crippen molar-refractivity contribution in [3.05, 3.63) is 70.5 Å². The Morgan fingerprint density at radius 2 is 0.946 bits per heavy atom. The maximum Gasteiger partial charge on any atom is 0.376 e. The van der Waals surface area contributed by atoms with E-state index in [0.29, 0.717) is 5.62 Å². The topological polar surface area (TPSA) is 61.7 Å². The molecule has 0 amide bonds. The Morgan fingerprint density at radius 3 is 1.27 bits per heavy atom. The van der Waals surface area contributed by atoms with Crippen LogP contribution in [0, 0.1) is 41.0 Å². The van der Waals surface area contributed by atoms with Gasteiger partial charge in [0.1, 0.15) is 0 Å². The zero-order valence-corrected chi connectivity index (χ0v) is 37.8. The van der Waals surface area contributed by atoms with Crippen molar-refractivity contribution in [1.82, 2.24) is 13.7 Å². The fraction of sp³-hybridized carbons (Fsp3) is 0.681. The van der Waals surface area contributed by atoms with Crippen molar-refractivity contribution >= 4 is 34.3 Å². The Hall–Kier alpha value is -2.19. The van der Waals surface area contributed by atoms with Crippen molar-refractivity contribution in [1.29, 1.82) is 5.53 Å². The molecule has 11 rings (SSSR count). The number of hydrogen-bond donors (Lipinski definition) is 1. The minimum absolute atomic E-state index is 0.0184. The molecule has 6 nitrogen and oxygen atoms in total. The monoisotopic (exact) mass is 812 g/mol. The minimum atomic E-state index is -3.63. The van der Waals surface area contributed by atoms with Crippen LogP contribution >= 0.6 is 22.2 Å². The molecule has 8 bridgehead atoms. The fourth-order valence-corrected chi connectivity index (χ4v) is 20.3. The second kappa shape index (κ2) is 14.2. The van der Waals surface area contributed by atoms with E-state index in [2.05, 4.69) is 117 Å². The van der Waals surface area contributed by atoms with E-state index < -0.39 is 6.86 Å². The third-order valence-electron chi connectivity index (χ3n) is 15.7. The fourth-order valence-electron chi connectivity index (χ4n) is 14.6. The molecule has 0 radical (unpaired) electrons. The van der Waals surface area contributed by atoms with Gasteiger partial charge in [0.05, 0.1) is 16.7 Å². The van der Waals surface area contributed by atoms with Crippen LogP contribution in [-0.4, -0.2) is 31.6 Å². The van der Waals surface area contributed by atoms with Gasteiger partial charge in [-0.1, -0.05) is 96.9 Å². The summed E-state index contributed by atoms with van der Waals surface area (Å²) < 4.78 is 7.61. The van der Waals surface area contributed by atoms with Gasteiger partial charge in [-0.3, -0.25) is 13.7 Å². The van der Waals surface area contributed by atoms with Crippen molar-refractivity contribution < 1.29 is 0 Å². The maximum atomic E-state index is 8.77. The van der Waals surface area contributed by atoms with E-state index in [1.807, 2.05) is 0 Å². The summed E-state index contributed by atoms with van der Waals surface area (Å²) in [6, 6.07) is 13.5. The number of aromatic nitrogens is 2. The van der Waals surface area contributed by atoms with Gasteiger partial charge in [-0.15, -0.1) is 22.2 Å². The lowest BCUT2D eigenvalue weighted by molar-refractivity contribution is -0.141. The van der Waals surface area contributed by atoms with Crippen LogP contribution < -0.4 is 10.9 Å². The average molecular weight is 814 g/mol. The number of halogens is 2. The Balaban J connectivity index is 1.39. The van der Waals surface area contributed by atoms with Crippen LogP contribution in [0.1, 0.15) is 178 Å². The van der Waals surface area contributed by atoms with E-state index in [1.165, 1.54) is 99.3 Å². The lowest BCUT2D eigenvalue weighted by atomic mass is 9.49. The molecule has 56 heavy (non-hydrogen) atoms. The van der Waals surface area contributed by atoms with Gasteiger partial charge in [0.2, 0.25) is 5.62 Å². The smallest absolute Gasteiger partial charge is 0.284 e. The molecule has 0 unspecified atom stereocenters. The second-order valence-corrected chi connectivity index (χ2v) is 27.0. The molecule has 1 aromatic heterocycles. The molecule has 8 aliphatic carbocycles. The Bertz CT molecular complexity index is 1900. The summed E-state index contributed by atoms with van der Waals surface area (Å²) in [5.74, 6) is 5.69. The molecule has 0 saturated heterocycles. The Labute approximate surface area is 346 Å². The first-order valence-electron chi connectivity index (χ1n) is 22.3. The highest BCUT2D eigenvalue weighted by Gasteiger charge is 2.67. The molecule has 0 aliphatic heterocycles. The third-order valence-corrected chi connectivity index (χ3v) is 20.4. The number of imidazole rings is 1. The van der Waals surface area contributed by atoms with Gasteiger partial charge in [0, 0.05) is 17.3 Å². The van der Waals surface area contributed by atoms with Crippen LogP contribution in [0.2, 0.25) is 0 Å².